The molecular weight excluding hydrogens is 404 g/mol. The van der Waals surface area contributed by atoms with E-state index in [4.69, 9.17) is 4.74 Å². The summed E-state index contributed by atoms with van der Waals surface area (Å²) in [4.78, 5) is 51.5. The van der Waals surface area contributed by atoms with Crippen molar-refractivity contribution in [1.82, 2.24) is 4.90 Å². The van der Waals surface area contributed by atoms with Gasteiger partial charge in [0.1, 0.15) is 6.04 Å². The number of benzene rings is 2. The number of carbonyl (C=O) groups excluding carboxylic acids is 4. The van der Waals surface area contributed by atoms with E-state index in [0.717, 1.165) is 4.90 Å². The van der Waals surface area contributed by atoms with Crippen LogP contribution in [0.3, 0.4) is 0 Å². The lowest BCUT2D eigenvalue weighted by atomic mass is 10.1. The third-order valence-corrected chi connectivity index (χ3v) is 5.34. The van der Waals surface area contributed by atoms with Gasteiger partial charge in [-0.2, -0.15) is 11.8 Å². The van der Waals surface area contributed by atoms with Crippen LogP contribution in [0.2, 0.25) is 0 Å². The van der Waals surface area contributed by atoms with Gasteiger partial charge in [0.15, 0.2) is 0 Å². The fourth-order valence-corrected chi connectivity index (χ4v) is 3.69. The molecule has 0 bridgehead atoms. The number of hydrogen-bond acceptors (Lipinski definition) is 6. The summed E-state index contributed by atoms with van der Waals surface area (Å²) < 4.78 is 4.94. The molecule has 1 aliphatic rings. The van der Waals surface area contributed by atoms with Crippen molar-refractivity contribution in [2.75, 3.05) is 23.9 Å². The Kier molecular flexibility index (Phi) is 6.89. The summed E-state index contributed by atoms with van der Waals surface area (Å²) in [6.07, 6.45) is 2.23. The molecule has 0 spiro atoms. The highest BCUT2D eigenvalue weighted by Gasteiger charge is 2.42. The lowest BCUT2D eigenvalue weighted by molar-refractivity contribution is -0.120. The van der Waals surface area contributed by atoms with Crippen molar-refractivity contribution in [3.05, 3.63) is 65.2 Å². The van der Waals surface area contributed by atoms with Crippen LogP contribution in [0.25, 0.3) is 0 Å². The molecular formula is C22H22N2O5S. The monoisotopic (exact) mass is 426 g/mol. The molecule has 0 unspecified atom stereocenters. The van der Waals surface area contributed by atoms with E-state index in [1.165, 1.54) is 11.8 Å². The Hall–Kier alpha value is -3.13. The van der Waals surface area contributed by atoms with Crippen LogP contribution in [-0.2, 0) is 9.53 Å². The number of amides is 3. The number of esters is 1. The molecule has 0 aliphatic carbocycles. The van der Waals surface area contributed by atoms with Gasteiger partial charge in [-0.3, -0.25) is 19.3 Å². The van der Waals surface area contributed by atoms with Gasteiger partial charge < -0.3 is 10.1 Å². The zero-order valence-electron chi connectivity index (χ0n) is 16.7. The SMILES string of the molecule is CCOC(=O)c1ccc(NC(=O)[C@H](CCSC)N2C(=O)c3ccccc3C2=O)cc1. The Balaban J connectivity index is 1.79. The maximum absolute atomic E-state index is 13.0. The predicted molar refractivity (Wildman–Crippen MR) is 115 cm³/mol. The highest BCUT2D eigenvalue weighted by molar-refractivity contribution is 7.98. The van der Waals surface area contributed by atoms with E-state index >= 15 is 0 Å². The lowest BCUT2D eigenvalue weighted by Gasteiger charge is -2.25. The second-order valence-electron chi connectivity index (χ2n) is 6.61. The second kappa shape index (κ2) is 9.58. The molecule has 1 aliphatic heterocycles. The van der Waals surface area contributed by atoms with Crippen molar-refractivity contribution < 1.29 is 23.9 Å². The first-order chi connectivity index (χ1) is 14.5. The molecule has 1 heterocycles. The summed E-state index contributed by atoms with van der Waals surface area (Å²) in [5.74, 6) is -1.22. The maximum atomic E-state index is 13.0. The summed E-state index contributed by atoms with van der Waals surface area (Å²) in [5, 5.41) is 2.75. The fraction of sp³-hybridized carbons (Fsp3) is 0.273. The zero-order chi connectivity index (χ0) is 21.7. The van der Waals surface area contributed by atoms with Crippen LogP contribution in [0.15, 0.2) is 48.5 Å². The maximum Gasteiger partial charge on any atom is 0.338 e. The minimum Gasteiger partial charge on any atom is -0.462 e. The van der Waals surface area contributed by atoms with Gasteiger partial charge in [0, 0.05) is 5.69 Å². The molecule has 7 nitrogen and oxygen atoms in total. The summed E-state index contributed by atoms with van der Waals surface area (Å²) in [6, 6.07) is 11.9. The third-order valence-electron chi connectivity index (χ3n) is 4.70. The standard InChI is InChI=1S/C22H22N2O5S/c1-3-29-22(28)14-8-10-15(11-9-14)23-19(25)18(12-13-30-2)24-20(26)16-6-4-5-7-17(16)21(24)27/h4-11,18H,3,12-13H2,1-2H3,(H,23,25)/t18-/m0/s1. The molecule has 0 radical (unpaired) electrons. The van der Waals surface area contributed by atoms with Crippen LogP contribution in [-0.4, -0.2) is 53.2 Å². The molecule has 156 valence electrons. The van der Waals surface area contributed by atoms with Crippen LogP contribution in [0.5, 0.6) is 0 Å². The fourth-order valence-electron chi connectivity index (χ4n) is 3.23. The van der Waals surface area contributed by atoms with Crippen molar-refractivity contribution in [1.29, 1.82) is 0 Å². The molecule has 1 N–H and O–H groups in total. The number of thioether (sulfide) groups is 1. The van der Waals surface area contributed by atoms with Crippen LogP contribution in [0.1, 0.15) is 44.4 Å². The Morgan fingerprint density at radius 3 is 2.17 bits per heavy atom. The summed E-state index contributed by atoms with van der Waals surface area (Å²) in [5.41, 5.74) is 1.44. The van der Waals surface area contributed by atoms with E-state index in [-0.39, 0.29) is 6.61 Å². The Labute approximate surface area is 178 Å². The number of fused-ring (bicyclic) bond motifs is 1. The van der Waals surface area contributed by atoms with Crippen molar-refractivity contribution in [3.63, 3.8) is 0 Å². The van der Waals surface area contributed by atoms with Gasteiger partial charge in [0.2, 0.25) is 5.91 Å². The molecule has 3 amide bonds. The van der Waals surface area contributed by atoms with Gasteiger partial charge >= 0.3 is 5.97 Å². The normalized spacial score (nSPS) is 13.7. The summed E-state index contributed by atoms with van der Waals surface area (Å²) >= 11 is 1.53. The molecule has 0 aromatic heterocycles. The predicted octanol–water partition coefficient (Wildman–Crippen LogP) is 3.22. The van der Waals surface area contributed by atoms with Crippen molar-refractivity contribution in [2.24, 2.45) is 0 Å². The first-order valence-electron chi connectivity index (χ1n) is 9.51. The number of nitrogens with zero attached hydrogens (tertiary/aromatic N) is 1. The molecule has 1 atom stereocenters. The van der Waals surface area contributed by atoms with Gasteiger partial charge in [-0.05, 0) is 61.8 Å². The van der Waals surface area contributed by atoms with Crippen molar-refractivity contribution >= 4 is 41.1 Å². The van der Waals surface area contributed by atoms with Gasteiger partial charge in [0.05, 0.1) is 23.3 Å². The molecule has 2 aromatic carbocycles. The number of nitrogens with one attached hydrogen (secondary N) is 1. The van der Waals surface area contributed by atoms with E-state index < -0.39 is 29.7 Å². The Bertz CT molecular complexity index is 939. The number of anilines is 1. The van der Waals surface area contributed by atoms with Crippen LogP contribution in [0.4, 0.5) is 5.69 Å². The van der Waals surface area contributed by atoms with Crippen molar-refractivity contribution in [2.45, 2.75) is 19.4 Å². The van der Waals surface area contributed by atoms with Crippen molar-refractivity contribution in [3.8, 4) is 0 Å². The molecule has 30 heavy (non-hydrogen) atoms. The van der Waals surface area contributed by atoms with E-state index in [9.17, 15) is 19.2 Å². The number of carbonyl (C=O) groups is 4. The van der Waals surface area contributed by atoms with E-state index in [2.05, 4.69) is 5.32 Å². The molecule has 0 saturated heterocycles. The highest BCUT2D eigenvalue weighted by atomic mass is 32.2. The van der Waals surface area contributed by atoms with Crippen LogP contribution >= 0.6 is 11.8 Å². The topological polar surface area (TPSA) is 92.8 Å². The number of ether oxygens (including phenoxy) is 1. The van der Waals surface area contributed by atoms with Gasteiger partial charge in [-0.15, -0.1) is 0 Å². The van der Waals surface area contributed by atoms with Crippen LogP contribution < -0.4 is 5.32 Å². The van der Waals surface area contributed by atoms with Gasteiger partial charge in [-0.25, -0.2) is 4.79 Å². The second-order valence-corrected chi connectivity index (χ2v) is 7.60. The highest BCUT2D eigenvalue weighted by Crippen LogP contribution is 2.27. The minimum atomic E-state index is -0.936. The Morgan fingerprint density at radius 2 is 1.63 bits per heavy atom. The molecule has 8 heteroatoms. The average Bonchev–Trinajstić information content (AvgIpc) is 3.00. The van der Waals surface area contributed by atoms with E-state index in [1.807, 2.05) is 6.26 Å². The number of rotatable bonds is 8. The first-order valence-corrected chi connectivity index (χ1v) is 10.9. The Morgan fingerprint density at radius 1 is 1.03 bits per heavy atom. The molecule has 3 rings (SSSR count). The molecule has 2 aromatic rings. The molecule has 0 fully saturated rings. The molecule has 0 saturated carbocycles. The van der Waals surface area contributed by atoms with Crippen LogP contribution in [0, 0.1) is 0 Å². The summed E-state index contributed by atoms with van der Waals surface area (Å²) in [7, 11) is 0. The smallest absolute Gasteiger partial charge is 0.338 e. The van der Waals surface area contributed by atoms with E-state index in [0.29, 0.717) is 34.6 Å². The largest absolute Gasteiger partial charge is 0.462 e. The number of imide groups is 1. The third kappa shape index (κ3) is 4.38. The van der Waals surface area contributed by atoms with Gasteiger partial charge in [-0.1, -0.05) is 12.1 Å². The lowest BCUT2D eigenvalue weighted by Crippen LogP contribution is -2.47. The quantitative estimate of drug-likeness (QED) is 0.515. The summed E-state index contributed by atoms with van der Waals surface area (Å²) in [6.45, 7) is 2.00. The average molecular weight is 426 g/mol. The van der Waals surface area contributed by atoms with E-state index in [1.54, 1.807) is 55.5 Å². The zero-order valence-corrected chi connectivity index (χ0v) is 17.5. The minimum absolute atomic E-state index is 0.273. The first kappa shape index (κ1) is 21.6. The van der Waals surface area contributed by atoms with Gasteiger partial charge in [0.25, 0.3) is 11.8 Å². The number of hydrogen-bond donors (Lipinski definition) is 1.